The van der Waals surface area contributed by atoms with Crippen LogP contribution < -0.4 is 10.7 Å². The van der Waals surface area contributed by atoms with Gasteiger partial charge in [0.05, 0.1) is 11.9 Å². The van der Waals surface area contributed by atoms with Crippen molar-refractivity contribution in [1.82, 2.24) is 15.0 Å². The maximum absolute atomic E-state index is 11.9. The van der Waals surface area contributed by atoms with E-state index in [1.54, 1.807) is 18.2 Å². The molecule has 0 radical (unpaired) electrons. The first-order valence-corrected chi connectivity index (χ1v) is 5.91. The number of anilines is 2. The number of rotatable bonds is 4. The molecule has 0 unspecified atom stereocenters. The number of nitrogens with one attached hydrogen (secondary N) is 2. The first kappa shape index (κ1) is 14.6. The first-order chi connectivity index (χ1) is 10.7. The summed E-state index contributed by atoms with van der Waals surface area (Å²) in [7, 11) is 0. The molecule has 2 N–H and O–H groups in total. The molecule has 1 amide bonds. The average molecular weight is 292 g/mol. The Kier molecular flexibility index (Phi) is 4.68. The van der Waals surface area contributed by atoms with Crippen molar-refractivity contribution in [3.8, 4) is 12.1 Å². The Hall–Kier alpha value is -3.85. The SMILES string of the molecule is N#CC(C#N)=NNc1ccc(C(=O)Nc2ncccn2)nc1. The summed E-state index contributed by atoms with van der Waals surface area (Å²) in [5, 5.41) is 23.1. The van der Waals surface area contributed by atoms with Crippen molar-refractivity contribution in [3.63, 3.8) is 0 Å². The third kappa shape index (κ3) is 3.82. The normalized spacial score (nSPS) is 9.00. The number of carbonyl (C=O) groups is 1. The third-order valence-corrected chi connectivity index (χ3v) is 2.30. The van der Waals surface area contributed by atoms with Gasteiger partial charge in [-0.25, -0.2) is 15.0 Å². The molecule has 9 nitrogen and oxygen atoms in total. The molecule has 0 saturated carbocycles. The van der Waals surface area contributed by atoms with Crippen LogP contribution in [0.4, 0.5) is 11.6 Å². The summed E-state index contributed by atoms with van der Waals surface area (Å²) < 4.78 is 0. The zero-order valence-electron chi connectivity index (χ0n) is 11.1. The molecule has 2 aromatic rings. The maximum Gasteiger partial charge on any atom is 0.276 e. The Morgan fingerprint density at radius 1 is 1.14 bits per heavy atom. The topological polar surface area (TPSA) is 140 Å². The zero-order valence-corrected chi connectivity index (χ0v) is 11.1. The fraction of sp³-hybridized carbons (Fsp3) is 0. The smallest absolute Gasteiger partial charge is 0.276 e. The lowest BCUT2D eigenvalue weighted by Crippen LogP contribution is -2.15. The number of hydrazone groups is 1. The Balaban J connectivity index is 2.03. The number of hydrogen-bond acceptors (Lipinski definition) is 8. The summed E-state index contributed by atoms with van der Waals surface area (Å²) in [6.45, 7) is 0. The van der Waals surface area contributed by atoms with Crippen LogP contribution in [0.2, 0.25) is 0 Å². The Bertz CT molecular complexity index is 754. The number of pyridine rings is 1. The predicted octanol–water partition coefficient (Wildman–Crippen LogP) is 0.939. The molecule has 2 aromatic heterocycles. The first-order valence-electron chi connectivity index (χ1n) is 5.91. The van der Waals surface area contributed by atoms with Gasteiger partial charge < -0.3 is 0 Å². The number of aromatic nitrogens is 3. The van der Waals surface area contributed by atoms with Crippen LogP contribution in [-0.4, -0.2) is 26.6 Å². The third-order valence-electron chi connectivity index (χ3n) is 2.30. The van der Waals surface area contributed by atoms with Gasteiger partial charge in [0.25, 0.3) is 5.91 Å². The maximum atomic E-state index is 11.9. The zero-order chi connectivity index (χ0) is 15.8. The van der Waals surface area contributed by atoms with Gasteiger partial charge in [0.1, 0.15) is 17.8 Å². The van der Waals surface area contributed by atoms with Crippen LogP contribution in [0.1, 0.15) is 10.5 Å². The van der Waals surface area contributed by atoms with E-state index in [1.165, 1.54) is 30.7 Å². The molecule has 0 saturated heterocycles. The van der Waals surface area contributed by atoms with Crippen LogP contribution in [0.5, 0.6) is 0 Å². The van der Waals surface area contributed by atoms with Gasteiger partial charge in [-0.2, -0.15) is 15.6 Å². The summed E-state index contributed by atoms with van der Waals surface area (Å²) in [6.07, 6.45) is 4.35. The van der Waals surface area contributed by atoms with Crippen molar-refractivity contribution in [1.29, 1.82) is 10.5 Å². The lowest BCUT2D eigenvalue weighted by Gasteiger charge is -2.03. The van der Waals surface area contributed by atoms with Crippen molar-refractivity contribution in [2.45, 2.75) is 0 Å². The molecule has 0 atom stereocenters. The van der Waals surface area contributed by atoms with E-state index in [-0.39, 0.29) is 17.4 Å². The van der Waals surface area contributed by atoms with Gasteiger partial charge in [-0.15, -0.1) is 0 Å². The van der Waals surface area contributed by atoms with E-state index in [2.05, 4.69) is 30.8 Å². The van der Waals surface area contributed by atoms with Crippen LogP contribution in [0.3, 0.4) is 0 Å². The van der Waals surface area contributed by atoms with E-state index in [1.807, 2.05) is 0 Å². The molecule has 0 aliphatic heterocycles. The summed E-state index contributed by atoms with van der Waals surface area (Å²) in [5.41, 5.74) is 2.75. The van der Waals surface area contributed by atoms with Gasteiger partial charge in [0.15, 0.2) is 0 Å². The lowest BCUT2D eigenvalue weighted by atomic mass is 10.3. The molecular weight excluding hydrogens is 284 g/mol. The minimum absolute atomic E-state index is 0.155. The number of hydrogen-bond donors (Lipinski definition) is 2. The van der Waals surface area contributed by atoms with E-state index in [0.717, 1.165) is 0 Å². The average Bonchev–Trinajstić information content (AvgIpc) is 2.57. The van der Waals surface area contributed by atoms with Gasteiger partial charge in [-0.3, -0.25) is 15.5 Å². The number of carbonyl (C=O) groups excluding carboxylic acids is 1. The largest absolute Gasteiger partial charge is 0.289 e. The lowest BCUT2D eigenvalue weighted by molar-refractivity contribution is 0.102. The monoisotopic (exact) mass is 292 g/mol. The summed E-state index contributed by atoms with van der Waals surface area (Å²) >= 11 is 0. The quantitative estimate of drug-likeness (QED) is 0.631. The Morgan fingerprint density at radius 2 is 1.86 bits per heavy atom. The highest BCUT2D eigenvalue weighted by Crippen LogP contribution is 2.07. The molecule has 106 valence electrons. The predicted molar refractivity (Wildman–Crippen MR) is 76.5 cm³/mol. The Labute approximate surface area is 125 Å². The van der Waals surface area contributed by atoms with Crippen LogP contribution in [0.25, 0.3) is 0 Å². The van der Waals surface area contributed by atoms with Gasteiger partial charge in [0, 0.05) is 12.4 Å². The highest BCUT2D eigenvalue weighted by atomic mass is 16.2. The summed E-state index contributed by atoms with van der Waals surface area (Å²) in [6, 6.07) is 7.83. The summed E-state index contributed by atoms with van der Waals surface area (Å²) in [5.74, 6) is -0.287. The van der Waals surface area contributed by atoms with Crippen molar-refractivity contribution < 1.29 is 4.79 Å². The van der Waals surface area contributed by atoms with Gasteiger partial charge in [-0.05, 0) is 18.2 Å². The molecule has 0 aromatic carbocycles. The highest BCUT2D eigenvalue weighted by molar-refractivity contribution is 6.10. The van der Waals surface area contributed by atoms with E-state index < -0.39 is 5.91 Å². The van der Waals surface area contributed by atoms with E-state index in [9.17, 15) is 4.79 Å². The fourth-order valence-corrected chi connectivity index (χ4v) is 1.32. The minimum Gasteiger partial charge on any atom is -0.289 e. The molecule has 0 aliphatic carbocycles. The standard InChI is InChI=1S/C13H8N8O/c14-6-10(7-15)21-20-9-2-3-11(18-8-9)12(22)19-13-16-4-1-5-17-13/h1-5,8,20H,(H,16,17,19,22). The van der Waals surface area contributed by atoms with E-state index in [0.29, 0.717) is 5.69 Å². The van der Waals surface area contributed by atoms with Crippen LogP contribution in [-0.2, 0) is 0 Å². The van der Waals surface area contributed by atoms with Crippen molar-refractivity contribution >= 4 is 23.3 Å². The fourth-order valence-electron chi connectivity index (χ4n) is 1.32. The summed E-state index contributed by atoms with van der Waals surface area (Å²) in [4.78, 5) is 23.6. The number of nitrogens with zero attached hydrogens (tertiary/aromatic N) is 6. The highest BCUT2D eigenvalue weighted by Gasteiger charge is 2.08. The molecule has 0 bridgehead atoms. The molecule has 2 rings (SSSR count). The van der Waals surface area contributed by atoms with Crippen LogP contribution in [0.15, 0.2) is 41.9 Å². The number of amides is 1. The van der Waals surface area contributed by atoms with E-state index in [4.69, 9.17) is 10.5 Å². The second-order valence-corrected chi connectivity index (χ2v) is 3.75. The molecule has 0 fully saturated rings. The minimum atomic E-state index is -0.462. The van der Waals surface area contributed by atoms with Gasteiger partial charge in [-0.1, -0.05) is 0 Å². The van der Waals surface area contributed by atoms with E-state index >= 15 is 0 Å². The van der Waals surface area contributed by atoms with Crippen molar-refractivity contribution in [3.05, 3.63) is 42.5 Å². The molecule has 0 aliphatic rings. The second-order valence-electron chi connectivity index (χ2n) is 3.75. The number of nitriles is 2. The van der Waals surface area contributed by atoms with Gasteiger partial charge >= 0.3 is 0 Å². The molecular formula is C13H8N8O. The Morgan fingerprint density at radius 3 is 2.45 bits per heavy atom. The molecule has 0 spiro atoms. The van der Waals surface area contributed by atoms with Crippen LogP contribution in [0, 0.1) is 22.7 Å². The van der Waals surface area contributed by atoms with Crippen molar-refractivity contribution in [2.24, 2.45) is 5.10 Å². The molecule has 2 heterocycles. The van der Waals surface area contributed by atoms with Crippen LogP contribution >= 0.6 is 0 Å². The van der Waals surface area contributed by atoms with Gasteiger partial charge in [0.2, 0.25) is 11.7 Å². The molecule has 22 heavy (non-hydrogen) atoms. The second kappa shape index (κ2) is 7.07. The van der Waals surface area contributed by atoms with Crippen molar-refractivity contribution in [2.75, 3.05) is 10.7 Å². The molecule has 9 heteroatoms.